The van der Waals surface area contributed by atoms with Crippen LogP contribution >= 0.6 is 0 Å². The molecule has 0 aromatic heterocycles. The van der Waals surface area contributed by atoms with Crippen LogP contribution in [0, 0.1) is 0 Å². The Morgan fingerprint density at radius 1 is 0.938 bits per heavy atom. The van der Waals surface area contributed by atoms with E-state index in [9.17, 15) is 9.59 Å². The molecule has 0 aliphatic carbocycles. The van der Waals surface area contributed by atoms with E-state index in [1.54, 1.807) is 0 Å². The van der Waals surface area contributed by atoms with Crippen LogP contribution in [0.15, 0.2) is 0 Å². The van der Waals surface area contributed by atoms with Crippen molar-refractivity contribution < 1.29 is 28.5 Å². The van der Waals surface area contributed by atoms with Crippen LogP contribution in [0.4, 0.5) is 0 Å². The van der Waals surface area contributed by atoms with Gasteiger partial charge in [0.05, 0.1) is 13.2 Å². The van der Waals surface area contributed by atoms with Crippen LogP contribution in [0.2, 0.25) is 0 Å². The van der Waals surface area contributed by atoms with Crippen LogP contribution in [-0.4, -0.2) is 59.0 Å². The topological polar surface area (TPSA) is 71.1 Å². The van der Waals surface area contributed by atoms with Crippen molar-refractivity contribution in [1.29, 1.82) is 0 Å². The van der Waals surface area contributed by atoms with Gasteiger partial charge in [0.25, 0.3) is 0 Å². The van der Waals surface area contributed by atoms with Crippen LogP contribution < -0.4 is 0 Å². The summed E-state index contributed by atoms with van der Waals surface area (Å²) in [5, 5.41) is 0. The molecule has 0 fully saturated rings. The quantitative estimate of drug-likeness (QED) is 0.385. The Labute approximate surface area is 94.8 Å². The van der Waals surface area contributed by atoms with Gasteiger partial charge < -0.3 is 18.9 Å². The van der Waals surface area contributed by atoms with E-state index < -0.39 is 5.97 Å². The fourth-order valence-corrected chi connectivity index (χ4v) is 0.817. The van der Waals surface area contributed by atoms with Crippen molar-refractivity contribution in [3.05, 3.63) is 0 Å². The van der Waals surface area contributed by atoms with Gasteiger partial charge in [0.15, 0.2) is 5.78 Å². The van der Waals surface area contributed by atoms with Crippen molar-refractivity contribution in [2.45, 2.75) is 6.42 Å². The minimum absolute atomic E-state index is 0.0945. The second-order valence-corrected chi connectivity index (χ2v) is 2.99. The Morgan fingerprint density at radius 2 is 1.62 bits per heavy atom. The van der Waals surface area contributed by atoms with Gasteiger partial charge in [-0.15, -0.1) is 0 Å². The SMILES string of the molecule is COCCOC(=O)COCC(=O)CCOC. The number of rotatable bonds is 10. The average Bonchev–Trinajstić information content (AvgIpc) is 2.26. The summed E-state index contributed by atoms with van der Waals surface area (Å²) in [7, 11) is 3.03. The fraction of sp³-hybridized carbons (Fsp3) is 0.800. The number of ketones is 1. The number of carbonyl (C=O) groups excluding carboxylic acids is 2. The zero-order valence-electron chi connectivity index (χ0n) is 9.69. The number of Topliss-reactive ketones (excluding diaryl/α,β-unsaturated/α-hetero) is 1. The Morgan fingerprint density at radius 3 is 2.25 bits per heavy atom. The molecule has 0 saturated heterocycles. The van der Waals surface area contributed by atoms with Gasteiger partial charge in [-0.1, -0.05) is 0 Å². The zero-order valence-corrected chi connectivity index (χ0v) is 9.69. The second-order valence-electron chi connectivity index (χ2n) is 2.99. The number of hydrogen-bond donors (Lipinski definition) is 0. The van der Waals surface area contributed by atoms with E-state index >= 15 is 0 Å². The number of methoxy groups -OCH3 is 2. The van der Waals surface area contributed by atoms with Gasteiger partial charge in [0.2, 0.25) is 0 Å². The number of ether oxygens (including phenoxy) is 4. The van der Waals surface area contributed by atoms with E-state index in [2.05, 4.69) is 0 Å². The number of hydrogen-bond acceptors (Lipinski definition) is 6. The molecule has 0 saturated carbocycles. The lowest BCUT2D eigenvalue weighted by atomic mass is 10.3. The lowest BCUT2D eigenvalue weighted by Gasteiger charge is -2.04. The molecule has 0 spiro atoms. The fourth-order valence-electron chi connectivity index (χ4n) is 0.817. The van der Waals surface area contributed by atoms with E-state index in [0.717, 1.165) is 0 Å². The van der Waals surface area contributed by atoms with Crippen molar-refractivity contribution >= 4 is 11.8 Å². The summed E-state index contributed by atoms with van der Waals surface area (Å²) in [5.74, 6) is -0.608. The van der Waals surface area contributed by atoms with Gasteiger partial charge in [-0.3, -0.25) is 4.79 Å². The highest BCUT2D eigenvalue weighted by Gasteiger charge is 2.06. The first-order chi connectivity index (χ1) is 7.70. The van der Waals surface area contributed by atoms with Crippen LogP contribution in [0.5, 0.6) is 0 Å². The first-order valence-corrected chi connectivity index (χ1v) is 4.93. The second kappa shape index (κ2) is 10.5. The molecule has 6 nitrogen and oxygen atoms in total. The predicted molar refractivity (Wildman–Crippen MR) is 55.2 cm³/mol. The van der Waals surface area contributed by atoms with Gasteiger partial charge >= 0.3 is 5.97 Å². The van der Waals surface area contributed by atoms with Crippen molar-refractivity contribution in [2.24, 2.45) is 0 Å². The number of esters is 1. The van der Waals surface area contributed by atoms with Crippen LogP contribution in [0.1, 0.15) is 6.42 Å². The molecule has 0 radical (unpaired) electrons. The lowest BCUT2D eigenvalue weighted by Crippen LogP contribution is -2.19. The summed E-state index contributed by atoms with van der Waals surface area (Å²) in [6, 6.07) is 0. The van der Waals surface area contributed by atoms with Gasteiger partial charge in [-0.25, -0.2) is 4.79 Å². The summed E-state index contributed by atoms with van der Waals surface area (Å²) in [6.07, 6.45) is 0.287. The summed E-state index contributed by atoms with van der Waals surface area (Å²) in [6.45, 7) is 0.584. The Kier molecular flexibility index (Phi) is 9.89. The molecule has 0 aromatic rings. The van der Waals surface area contributed by atoms with Crippen molar-refractivity contribution in [1.82, 2.24) is 0 Å². The van der Waals surface area contributed by atoms with Crippen molar-refractivity contribution in [3.63, 3.8) is 0 Å². The highest BCUT2D eigenvalue weighted by Crippen LogP contribution is 1.88. The molecule has 0 amide bonds. The molecule has 94 valence electrons. The first-order valence-electron chi connectivity index (χ1n) is 4.93. The van der Waals surface area contributed by atoms with Crippen LogP contribution in [0.3, 0.4) is 0 Å². The Balaban J connectivity index is 3.36. The maximum atomic E-state index is 11.1. The largest absolute Gasteiger partial charge is 0.462 e. The smallest absolute Gasteiger partial charge is 0.332 e. The molecule has 0 bridgehead atoms. The van der Waals surface area contributed by atoms with Gasteiger partial charge in [-0.2, -0.15) is 0 Å². The van der Waals surface area contributed by atoms with Gasteiger partial charge in [0.1, 0.15) is 19.8 Å². The molecular weight excluding hydrogens is 216 g/mol. The third kappa shape index (κ3) is 9.57. The monoisotopic (exact) mass is 234 g/mol. The molecule has 0 atom stereocenters. The molecule has 0 aliphatic heterocycles. The van der Waals surface area contributed by atoms with E-state index in [1.165, 1.54) is 14.2 Å². The summed E-state index contributed by atoms with van der Waals surface area (Å²) >= 11 is 0. The normalized spacial score (nSPS) is 10.1. The van der Waals surface area contributed by atoms with E-state index in [4.69, 9.17) is 18.9 Å². The molecule has 0 N–H and O–H groups in total. The molecule has 0 heterocycles. The molecular formula is C10H18O6. The minimum Gasteiger partial charge on any atom is -0.462 e. The highest BCUT2D eigenvalue weighted by molar-refractivity contribution is 5.80. The highest BCUT2D eigenvalue weighted by atomic mass is 16.6. The van der Waals surface area contributed by atoms with E-state index in [1.807, 2.05) is 0 Å². The van der Waals surface area contributed by atoms with Crippen molar-refractivity contribution in [2.75, 3.05) is 47.3 Å². The number of carbonyl (C=O) groups is 2. The molecule has 0 rings (SSSR count). The zero-order chi connectivity index (χ0) is 12.2. The lowest BCUT2D eigenvalue weighted by molar-refractivity contribution is -0.150. The third-order valence-electron chi connectivity index (χ3n) is 1.62. The summed E-state index contributed by atoms with van der Waals surface area (Å²) in [4.78, 5) is 22.0. The van der Waals surface area contributed by atoms with Crippen LogP contribution in [0.25, 0.3) is 0 Å². The maximum absolute atomic E-state index is 11.1. The standard InChI is InChI=1S/C10H18O6/c1-13-4-3-9(11)7-15-8-10(12)16-6-5-14-2/h3-8H2,1-2H3. The van der Waals surface area contributed by atoms with Gasteiger partial charge in [-0.05, 0) is 0 Å². The van der Waals surface area contributed by atoms with E-state index in [0.29, 0.717) is 13.2 Å². The first kappa shape index (κ1) is 15.0. The predicted octanol–water partition coefficient (Wildman–Crippen LogP) is -0.202. The van der Waals surface area contributed by atoms with Crippen molar-refractivity contribution in [3.8, 4) is 0 Å². The third-order valence-corrected chi connectivity index (χ3v) is 1.62. The summed E-state index contributed by atoms with van der Waals surface area (Å²) < 4.78 is 19.0. The summed E-state index contributed by atoms with van der Waals surface area (Å²) in [5.41, 5.74) is 0. The maximum Gasteiger partial charge on any atom is 0.332 e. The molecule has 0 unspecified atom stereocenters. The van der Waals surface area contributed by atoms with E-state index in [-0.39, 0.29) is 32.0 Å². The molecule has 6 heteroatoms. The Hall–Kier alpha value is -0.980. The molecule has 0 aromatic carbocycles. The average molecular weight is 234 g/mol. The molecule has 0 aliphatic rings. The minimum atomic E-state index is -0.503. The Bertz CT molecular complexity index is 203. The van der Waals surface area contributed by atoms with Gasteiger partial charge in [0, 0.05) is 20.6 Å². The van der Waals surface area contributed by atoms with Crippen LogP contribution in [-0.2, 0) is 28.5 Å². The molecule has 16 heavy (non-hydrogen) atoms.